The smallest absolute Gasteiger partial charge is 0.313 e. The molecule has 0 aliphatic carbocycles. The molecule has 1 amide bonds. The number of thioether (sulfide) groups is 1. The van der Waals surface area contributed by atoms with Gasteiger partial charge < -0.3 is 10.0 Å². The number of amides is 1. The molecule has 0 saturated heterocycles. The average Bonchev–Trinajstić information content (AvgIpc) is 2.16. The highest BCUT2D eigenvalue weighted by Crippen LogP contribution is 2.02. The van der Waals surface area contributed by atoms with Gasteiger partial charge in [0, 0.05) is 0 Å². The van der Waals surface area contributed by atoms with Gasteiger partial charge >= 0.3 is 5.97 Å². The van der Waals surface area contributed by atoms with E-state index in [1.807, 2.05) is 0 Å². The Morgan fingerprint density at radius 1 is 1.20 bits per heavy atom. The number of carboxylic acids is 1. The van der Waals surface area contributed by atoms with Gasteiger partial charge in [0.2, 0.25) is 5.91 Å². The summed E-state index contributed by atoms with van der Waals surface area (Å²) in [7, 11) is 0. The average molecular weight is 227 g/mol. The first-order chi connectivity index (χ1) is 7.11. The minimum absolute atomic E-state index is 0.0321. The largest absolute Gasteiger partial charge is 0.481 e. The molecule has 7 heteroatoms. The molecule has 0 radical (unpaired) electrons. The first-order valence-corrected chi connectivity index (χ1v) is 5.08. The van der Waals surface area contributed by atoms with E-state index in [1.165, 1.54) is 0 Å². The summed E-state index contributed by atoms with van der Waals surface area (Å²) in [4.78, 5) is 22.5. The van der Waals surface area contributed by atoms with Crippen molar-refractivity contribution in [3.63, 3.8) is 0 Å². The van der Waals surface area contributed by atoms with Crippen LogP contribution in [0.4, 0.5) is 0 Å². The van der Waals surface area contributed by atoms with Crippen molar-refractivity contribution in [2.24, 2.45) is 0 Å². The Morgan fingerprint density at radius 3 is 2.13 bits per heavy atom. The van der Waals surface area contributed by atoms with Gasteiger partial charge in [0.05, 0.1) is 23.6 Å². The van der Waals surface area contributed by atoms with Gasteiger partial charge in [-0.1, -0.05) is 0 Å². The molecule has 0 heterocycles. The molecule has 15 heavy (non-hydrogen) atoms. The number of aliphatic carboxylic acids is 1. The van der Waals surface area contributed by atoms with Gasteiger partial charge in [0.25, 0.3) is 0 Å². The first kappa shape index (κ1) is 13.3. The van der Waals surface area contributed by atoms with Gasteiger partial charge in [-0.3, -0.25) is 9.59 Å². The summed E-state index contributed by atoms with van der Waals surface area (Å²) < 4.78 is 0. The summed E-state index contributed by atoms with van der Waals surface area (Å²) in [5.41, 5.74) is 0. The molecule has 0 aromatic heterocycles. The van der Waals surface area contributed by atoms with Crippen LogP contribution >= 0.6 is 11.8 Å². The monoisotopic (exact) mass is 227 g/mol. The minimum Gasteiger partial charge on any atom is -0.481 e. The van der Waals surface area contributed by atoms with Crippen molar-refractivity contribution in [1.82, 2.24) is 4.90 Å². The lowest BCUT2D eigenvalue weighted by Gasteiger charge is -2.14. The summed E-state index contributed by atoms with van der Waals surface area (Å²) in [6, 6.07) is 3.52. The normalized spacial score (nSPS) is 8.67. The predicted molar refractivity (Wildman–Crippen MR) is 52.8 cm³/mol. The Labute approximate surface area is 91.1 Å². The zero-order valence-corrected chi connectivity index (χ0v) is 8.66. The van der Waals surface area contributed by atoms with Crippen LogP contribution in [-0.2, 0) is 9.59 Å². The molecular weight excluding hydrogens is 218 g/mol. The molecule has 80 valence electrons. The molecule has 0 rings (SSSR count). The van der Waals surface area contributed by atoms with Crippen LogP contribution in [0.5, 0.6) is 0 Å². The highest BCUT2D eigenvalue weighted by molar-refractivity contribution is 8.00. The van der Waals surface area contributed by atoms with Crippen LogP contribution in [0.25, 0.3) is 0 Å². The molecule has 6 nitrogen and oxygen atoms in total. The zero-order chi connectivity index (χ0) is 11.7. The second-order valence-corrected chi connectivity index (χ2v) is 3.44. The van der Waals surface area contributed by atoms with E-state index in [4.69, 9.17) is 15.6 Å². The molecule has 0 saturated carbocycles. The maximum absolute atomic E-state index is 11.3. The number of carbonyl (C=O) groups excluding carboxylic acids is 1. The second kappa shape index (κ2) is 7.65. The van der Waals surface area contributed by atoms with Crippen molar-refractivity contribution < 1.29 is 14.7 Å². The van der Waals surface area contributed by atoms with Crippen LogP contribution in [-0.4, -0.2) is 46.5 Å². The fraction of sp³-hybridized carbons (Fsp3) is 0.500. The Balaban J connectivity index is 3.99. The molecule has 0 bridgehead atoms. The summed E-state index contributed by atoms with van der Waals surface area (Å²) in [6.45, 7) is -0.306. The molecule has 1 N–H and O–H groups in total. The number of rotatable bonds is 6. The molecular formula is C8H9N3O3S. The standard InChI is InChI=1S/C8H9N3O3S/c9-1-3-11(4-2-10)7(12)5-15-6-8(13)14/h3-6H2,(H,13,14). The Morgan fingerprint density at radius 2 is 1.73 bits per heavy atom. The fourth-order valence-electron chi connectivity index (χ4n) is 0.720. The van der Waals surface area contributed by atoms with Gasteiger partial charge in [-0.15, -0.1) is 11.8 Å². The van der Waals surface area contributed by atoms with E-state index in [1.54, 1.807) is 12.1 Å². The quantitative estimate of drug-likeness (QED) is 0.623. The van der Waals surface area contributed by atoms with E-state index in [-0.39, 0.29) is 24.6 Å². The molecule has 0 unspecified atom stereocenters. The van der Waals surface area contributed by atoms with E-state index in [9.17, 15) is 9.59 Å². The predicted octanol–water partition coefficient (Wildman–Crippen LogP) is -0.320. The van der Waals surface area contributed by atoms with Crippen LogP contribution in [0.3, 0.4) is 0 Å². The number of hydrogen-bond donors (Lipinski definition) is 1. The number of nitriles is 2. The van der Waals surface area contributed by atoms with E-state index in [0.717, 1.165) is 16.7 Å². The lowest BCUT2D eigenvalue weighted by molar-refractivity contribution is -0.133. The van der Waals surface area contributed by atoms with E-state index < -0.39 is 11.9 Å². The molecule has 0 aliphatic rings. The van der Waals surface area contributed by atoms with Crippen LogP contribution in [0.2, 0.25) is 0 Å². The van der Waals surface area contributed by atoms with Gasteiger partial charge in [0.15, 0.2) is 0 Å². The third kappa shape index (κ3) is 6.36. The Kier molecular flexibility index (Phi) is 6.77. The number of carbonyl (C=O) groups is 2. The molecule has 0 spiro atoms. The third-order valence-electron chi connectivity index (χ3n) is 1.33. The van der Waals surface area contributed by atoms with Gasteiger partial charge in [-0.2, -0.15) is 10.5 Å². The Bertz CT molecular complexity index is 302. The third-order valence-corrected chi connectivity index (χ3v) is 2.23. The Hall–Kier alpha value is -1.73. The summed E-state index contributed by atoms with van der Waals surface area (Å²) in [6.07, 6.45) is 0. The molecule has 0 atom stereocenters. The van der Waals surface area contributed by atoms with E-state index in [2.05, 4.69) is 0 Å². The summed E-state index contributed by atoms with van der Waals surface area (Å²) in [5.74, 6) is -1.60. The molecule has 0 aromatic rings. The highest BCUT2D eigenvalue weighted by Gasteiger charge is 2.12. The van der Waals surface area contributed by atoms with Crippen LogP contribution in [0.1, 0.15) is 0 Å². The molecule has 0 aliphatic heterocycles. The summed E-state index contributed by atoms with van der Waals surface area (Å²) in [5, 5.41) is 25.1. The van der Waals surface area contributed by atoms with Crippen molar-refractivity contribution >= 4 is 23.6 Å². The molecule has 0 fully saturated rings. The SMILES string of the molecule is N#CCN(CC#N)C(=O)CSCC(=O)O. The van der Waals surface area contributed by atoms with Crippen molar-refractivity contribution in [1.29, 1.82) is 10.5 Å². The maximum Gasteiger partial charge on any atom is 0.313 e. The highest BCUT2D eigenvalue weighted by atomic mass is 32.2. The summed E-state index contributed by atoms with van der Waals surface area (Å²) >= 11 is 0.940. The van der Waals surface area contributed by atoms with Crippen molar-refractivity contribution in [2.45, 2.75) is 0 Å². The molecule has 0 aromatic carbocycles. The zero-order valence-electron chi connectivity index (χ0n) is 7.84. The number of carboxylic acid groups (broad SMARTS) is 1. The number of nitrogens with zero attached hydrogens (tertiary/aromatic N) is 3. The number of hydrogen-bond acceptors (Lipinski definition) is 5. The minimum atomic E-state index is -1.00. The second-order valence-electron chi connectivity index (χ2n) is 2.45. The maximum atomic E-state index is 11.3. The van der Waals surface area contributed by atoms with E-state index in [0.29, 0.717) is 0 Å². The lowest BCUT2D eigenvalue weighted by Crippen LogP contribution is -2.33. The topological polar surface area (TPSA) is 105 Å². The van der Waals surface area contributed by atoms with Crippen LogP contribution in [0.15, 0.2) is 0 Å². The van der Waals surface area contributed by atoms with Gasteiger partial charge in [-0.05, 0) is 0 Å². The first-order valence-electron chi connectivity index (χ1n) is 3.93. The van der Waals surface area contributed by atoms with Crippen LogP contribution < -0.4 is 0 Å². The van der Waals surface area contributed by atoms with E-state index >= 15 is 0 Å². The van der Waals surface area contributed by atoms with Gasteiger partial charge in [-0.25, -0.2) is 0 Å². The van der Waals surface area contributed by atoms with Crippen molar-refractivity contribution in [2.75, 3.05) is 24.6 Å². The lowest BCUT2D eigenvalue weighted by atomic mass is 10.5. The van der Waals surface area contributed by atoms with Gasteiger partial charge in [0.1, 0.15) is 13.1 Å². The van der Waals surface area contributed by atoms with Crippen molar-refractivity contribution in [3.8, 4) is 12.1 Å². The van der Waals surface area contributed by atoms with Crippen LogP contribution in [0, 0.1) is 22.7 Å². The van der Waals surface area contributed by atoms with Crippen molar-refractivity contribution in [3.05, 3.63) is 0 Å². The fourth-order valence-corrected chi connectivity index (χ4v) is 1.35.